The Morgan fingerprint density at radius 2 is 1.45 bits per heavy atom. The van der Waals surface area contributed by atoms with Gasteiger partial charge in [0.2, 0.25) is 0 Å². The van der Waals surface area contributed by atoms with Crippen molar-refractivity contribution in [2.75, 3.05) is 12.4 Å². The summed E-state index contributed by atoms with van der Waals surface area (Å²) in [5.41, 5.74) is 0. The summed E-state index contributed by atoms with van der Waals surface area (Å²) in [5, 5.41) is 28.1. The van der Waals surface area contributed by atoms with Gasteiger partial charge in [0.15, 0.2) is 0 Å². The second-order valence-electron chi connectivity index (χ2n) is 4.26. The van der Waals surface area contributed by atoms with Crippen molar-refractivity contribution >= 4 is 11.8 Å². The summed E-state index contributed by atoms with van der Waals surface area (Å²) in [6.07, 6.45) is -0.595. The van der Waals surface area contributed by atoms with Crippen LogP contribution >= 0.6 is 11.8 Å². The summed E-state index contributed by atoms with van der Waals surface area (Å²) in [4.78, 5) is 0.978. The lowest BCUT2D eigenvalue weighted by Crippen LogP contribution is -2.19. The Hall–Kier alpha value is -1.85. The van der Waals surface area contributed by atoms with E-state index in [1.54, 1.807) is 36.4 Å². The van der Waals surface area contributed by atoms with E-state index in [0.29, 0.717) is 11.5 Å². The second kappa shape index (κ2) is 7.07. The highest BCUT2D eigenvalue weighted by atomic mass is 32.2. The van der Waals surface area contributed by atoms with Gasteiger partial charge in [0.05, 0.1) is 6.10 Å². The number of rotatable bonds is 6. The molecule has 0 amide bonds. The topological polar surface area (TPSA) is 69.9 Å². The number of aliphatic hydroxyl groups is 1. The van der Waals surface area contributed by atoms with Gasteiger partial charge in [-0.2, -0.15) is 0 Å². The largest absolute Gasteiger partial charge is 0.508 e. The van der Waals surface area contributed by atoms with E-state index in [0.717, 1.165) is 4.90 Å². The third-order valence-corrected chi connectivity index (χ3v) is 3.72. The van der Waals surface area contributed by atoms with Crippen molar-refractivity contribution in [3.8, 4) is 17.2 Å². The average Bonchev–Trinajstić information content (AvgIpc) is 2.46. The van der Waals surface area contributed by atoms with E-state index in [2.05, 4.69) is 0 Å². The normalized spacial score (nSPS) is 12.1. The molecule has 5 heteroatoms. The van der Waals surface area contributed by atoms with Crippen LogP contribution in [0.3, 0.4) is 0 Å². The maximum Gasteiger partial charge on any atom is 0.119 e. The highest BCUT2D eigenvalue weighted by Gasteiger charge is 2.06. The van der Waals surface area contributed by atoms with Crippen LogP contribution in [0.2, 0.25) is 0 Å². The third kappa shape index (κ3) is 4.68. The molecule has 2 aromatic rings. The van der Waals surface area contributed by atoms with Crippen molar-refractivity contribution in [3.63, 3.8) is 0 Å². The fraction of sp³-hybridized carbons (Fsp3) is 0.200. The van der Waals surface area contributed by atoms with Gasteiger partial charge in [0, 0.05) is 10.6 Å². The summed E-state index contributed by atoms with van der Waals surface area (Å²) in [5.74, 6) is 1.52. The maximum atomic E-state index is 9.84. The van der Waals surface area contributed by atoms with Crippen molar-refractivity contribution in [2.24, 2.45) is 0 Å². The Kier molecular flexibility index (Phi) is 5.15. The molecule has 1 unspecified atom stereocenters. The molecule has 2 rings (SSSR count). The summed E-state index contributed by atoms with van der Waals surface area (Å²) in [7, 11) is 0. The molecule has 0 aromatic heterocycles. The molecule has 3 N–H and O–H groups in total. The van der Waals surface area contributed by atoms with Crippen molar-refractivity contribution in [1.82, 2.24) is 0 Å². The summed E-state index contributed by atoms with van der Waals surface area (Å²) in [6.45, 7) is 0.190. The van der Waals surface area contributed by atoms with Crippen LogP contribution in [0.1, 0.15) is 0 Å². The Bertz CT molecular complexity index is 475. The molecule has 4 nitrogen and oxygen atoms in total. The molecule has 2 aromatic carbocycles. The monoisotopic (exact) mass is 292 g/mol. The molecule has 0 heterocycles. The number of thioether (sulfide) groups is 1. The Morgan fingerprint density at radius 3 is 2.05 bits per heavy atom. The fourth-order valence-electron chi connectivity index (χ4n) is 1.52. The number of aromatic hydroxyl groups is 2. The molecule has 20 heavy (non-hydrogen) atoms. The standard InChI is InChI=1S/C15H16O4S/c16-11-1-5-14(6-2-11)19-9-13(18)10-20-15-7-3-12(17)4-8-15/h1-8,13,16-18H,9-10H2. The number of ether oxygens (including phenoxy) is 1. The fourth-order valence-corrected chi connectivity index (χ4v) is 2.33. The van der Waals surface area contributed by atoms with Gasteiger partial charge in [-0.25, -0.2) is 0 Å². The maximum absolute atomic E-state index is 9.84. The van der Waals surface area contributed by atoms with Crippen molar-refractivity contribution in [2.45, 2.75) is 11.0 Å². The van der Waals surface area contributed by atoms with E-state index >= 15 is 0 Å². The van der Waals surface area contributed by atoms with Gasteiger partial charge in [0.25, 0.3) is 0 Å². The number of hydrogen-bond donors (Lipinski definition) is 3. The van der Waals surface area contributed by atoms with Crippen molar-refractivity contribution in [1.29, 1.82) is 0 Å². The summed E-state index contributed by atoms with van der Waals surface area (Å²) >= 11 is 1.49. The first-order chi connectivity index (χ1) is 9.63. The van der Waals surface area contributed by atoms with Crippen LogP contribution in [0.5, 0.6) is 17.2 Å². The lowest BCUT2D eigenvalue weighted by atomic mass is 10.3. The molecule has 106 valence electrons. The minimum absolute atomic E-state index is 0.181. The molecule has 0 aliphatic heterocycles. The molecule has 0 spiro atoms. The summed E-state index contributed by atoms with van der Waals surface area (Å²) < 4.78 is 5.42. The van der Waals surface area contributed by atoms with Crippen molar-refractivity contribution in [3.05, 3.63) is 48.5 Å². The Morgan fingerprint density at radius 1 is 0.900 bits per heavy atom. The number of benzene rings is 2. The zero-order chi connectivity index (χ0) is 14.4. The molecular formula is C15H16O4S. The average molecular weight is 292 g/mol. The molecule has 0 aliphatic carbocycles. The van der Waals surface area contributed by atoms with Crippen LogP contribution in [0, 0.1) is 0 Å². The van der Waals surface area contributed by atoms with Crippen LogP contribution in [-0.2, 0) is 0 Å². The first-order valence-corrected chi connectivity index (χ1v) is 7.14. The van der Waals surface area contributed by atoms with E-state index in [4.69, 9.17) is 14.9 Å². The molecule has 0 saturated carbocycles. The van der Waals surface area contributed by atoms with Gasteiger partial charge in [-0.1, -0.05) is 0 Å². The predicted octanol–water partition coefficient (Wildman–Crippen LogP) is 2.63. The molecule has 1 atom stereocenters. The molecule has 0 saturated heterocycles. The van der Waals surface area contributed by atoms with E-state index in [1.165, 1.54) is 23.9 Å². The first kappa shape index (κ1) is 14.6. The van der Waals surface area contributed by atoms with Crippen LogP contribution in [0.25, 0.3) is 0 Å². The SMILES string of the molecule is Oc1ccc(OCC(O)CSc2ccc(O)cc2)cc1. The van der Waals surface area contributed by atoms with Gasteiger partial charge in [-0.05, 0) is 48.5 Å². The van der Waals surface area contributed by atoms with Gasteiger partial charge in [-0.3, -0.25) is 0 Å². The highest BCUT2D eigenvalue weighted by molar-refractivity contribution is 7.99. The molecular weight excluding hydrogens is 276 g/mol. The molecule has 0 aliphatic rings. The van der Waals surface area contributed by atoms with E-state index in [-0.39, 0.29) is 18.1 Å². The second-order valence-corrected chi connectivity index (χ2v) is 5.36. The van der Waals surface area contributed by atoms with Gasteiger partial charge in [0.1, 0.15) is 23.9 Å². The smallest absolute Gasteiger partial charge is 0.119 e. The van der Waals surface area contributed by atoms with Crippen molar-refractivity contribution < 1.29 is 20.1 Å². The molecule has 0 radical (unpaired) electrons. The van der Waals surface area contributed by atoms with Crippen LogP contribution in [0.15, 0.2) is 53.4 Å². The van der Waals surface area contributed by atoms with Gasteiger partial charge >= 0.3 is 0 Å². The zero-order valence-corrected chi connectivity index (χ0v) is 11.6. The predicted molar refractivity (Wildman–Crippen MR) is 78.4 cm³/mol. The van der Waals surface area contributed by atoms with Crippen LogP contribution in [0.4, 0.5) is 0 Å². The Labute approximate surface area is 121 Å². The van der Waals surface area contributed by atoms with E-state index in [9.17, 15) is 5.11 Å². The number of aliphatic hydroxyl groups excluding tert-OH is 1. The minimum atomic E-state index is -0.595. The molecule has 0 fully saturated rings. The van der Waals surface area contributed by atoms with Crippen LogP contribution in [-0.4, -0.2) is 33.8 Å². The Balaban J connectivity index is 1.73. The summed E-state index contributed by atoms with van der Waals surface area (Å²) in [6, 6.07) is 13.2. The first-order valence-electron chi connectivity index (χ1n) is 6.15. The third-order valence-electron chi connectivity index (χ3n) is 2.56. The van der Waals surface area contributed by atoms with Crippen LogP contribution < -0.4 is 4.74 Å². The lowest BCUT2D eigenvalue weighted by Gasteiger charge is -2.12. The number of phenols is 2. The minimum Gasteiger partial charge on any atom is -0.508 e. The van der Waals surface area contributed by atoms with Gasteiger partial charge in [-0.15, -0.1) is 11.8 Å². The van der Waals surface area contributed by atoms with E-state index < -0.39 is 6.10 Å². The molecule has 0 bridgehead atoms. The van der Waals surface area contributed by atoms with E-state index in [1.807, 2.05) is 0 Å². The zero-order valence-electron chi connectivity index (χ0n) is 10.8. The quantitative estimate of drug-likeness (QED) is 0.714. The lowest BCUT2D eigenvalue weighted by molar-refractivity contribution is 0.126. The highest BCUT2D eigenvalue weighted by Crippen LogP contribution is 2.22. The van der Waals surface area contributed by atoms with Gasteiger partial charge < -0.3 is 20.1 Å². The number of hydrogen-bond acceptors (Lipinski definition) is 5. The number of phenolic OH excluding ortho intramolecular Hbond substituents is 2.